The summed E-state index contributed by atoms with van der Waals surface area (Å²) in [6.07, 6.45) is 4.32. The van der Waals surface area contributed by atoms with Crippen molar-refractivity contribution in [2.45, 2.75) is 83.6 Å². The number of aliphatic hydroxyl groups excluding tert-OH is 1. The summed E-state index contributed by atoms with van der Waals surface area (Å²) in [6.45, 7) is 14.1. The lowest BCUT2D eigenvalue weighted by atomic mass is 9.62. The Kier molecular flexibility index (Phi) is 7.30. The van der Waals surface area contributed by atoms with E-state index in [0.29, 0.717) is 25.9 Å². The standard InChI is InChI=1S/C25H40N2O6/c1-7-9-11-26(10-8-2)22(30)20-25-13-16(5)24(6,33-25)19(23(31)32)18(25)21(29)27(20)17(14-28)12-15(3)4/h8,15-20,28H,2,7,9-14H2,1,3-6H3,(H,31,32)/t16?,17-,18+,19+,20?,24-,25?/m1/s1. The van der Waals surface area contributed by atoms with Gasteiger partial charge in [-0.05, 0) is 38.0 Å². The van der Waals surface area contributed by atoms with Gasteiger partial charge in [-0.15, -0.1) is 6.58 Å². The van der Waals surface area contributed by atoms with E-state index in [1.807, 2.05) is 27.7 Å². The number of ether oxygens (including phenoxy) is 1. The highest BCUT2D eigenvalue weighted by Gasteiger charge is 2.80. The maximum atomic E-state index is 14.1. The van der Waals surface area contributed by atoms with Gasteiger partial charge in [0.25, 0.3) is 0 Å². The second-order valence-electron chi connectivity index (χ2n) is 10.7. The number of unbranched alkanes of at least 4 members (excludes halogenated alkanes) is 1. The Morgan fingerprint density at radius 1 is 1.39 bits per heavy atom. The Morgan fingerprint density at radius 2 is 2.06 bits per heavy atom. The van der Waals surface area contributed by atoms with Gasteiger partial charge < -0.3 is 24.7 Å². The number of carboxylic acids is 1. The van der Waals surface area contributed by atoms with Crippen LogP contribution < -0.4 is 0 Å². The number of carbonyl (C=O) groups is 3. The number of likely N-dealkylation sites (tertiary alicyclic amines) is 1. The Morgan fingerprint density at radius 3 is 2.58 bits per heavy atom. The molecule has 0 aliphatic carbocycles. The predicted octanol–water partition coefficient (Wildman–Crippen LogP) is 2.30. The highest BCUT2D eigenvalue weighted by molar-refractivity contribution is 5.98. The van der Waals surface area contributed by atoms with Gasteiger partial charge in [-0.3, -0.25) is 14.4 Å². The van der Waals surface area contributed by atoms with Gasteiger partial charge in [-0.2, -0.15) is 0 Å². The average molecular weight is 465 g/mol. The molecule has 3 heterocycles. The second-order valence-corrected chi connectivity index (χ2v) is 10.7. The average Bonchev–Trinajstić information content (AvgIpc) is 3.25. The van der Waals surface area contributed by atoms with Gasteiger partial charge in [0.05, 0.1) is 24.2 Å². The maximum absolute atomic E-state index is 14.1. The lowest BCUT2D eigenvalue weighted by molar-refractivity contribution is -0.160. The Bertz CT molecular complexity index is 800. The molecule has 0 saturated carbocycles. The van der Waals surface area contributed by atoms with Crippen molar-refractivity contribution < 1.29 is 29.3 Å². The van der Waals surface area contributed by atoms with E-state index in [1.54, 1.807) is 17.9 Å². The van der Waals surface area contributed by atoms with Crippen LogP contribution in [0.4, 0.5) is 0 Å². The summed E-state index contributed by atoms with van der Waals surface area (Å²) in [5.74, 6) is -3.63. The molecule has 0 aromatic heterocycles. The number of rotatable bonds is 11. The summed E-state index contributed by atoms with van der Waals surface area (Å²) in [6, 6.07) is -1.54. The van der Waals surface area contributed by atoms with Crippen molar-refractivity contribution in [2.24, 2.45) is 23.7 Å². The molecule has 2 bridgehead atoms. The third-order valence-electron chi connectivity index (χ3n) is 8.04. The van der Waals surface area contributed by atoms with Crippen LogP contribution in [0.5, 0.6) is 0 Å². The zero-order chi connectivity index (χ0) is 24.7. The van der Waals surface area contributed by atoms with E-state index in [9.17, 15) is 24.6 Å². The van der Waals surface area contributed by atoms with E-state index in [4.69, 9.17) is 4.74 Å². The number of hydrogen-bond acceptors (Lipinski definition) is 5. The summed E-state index contributed by atoms with van der Waals surface area (Å²) in [5.41, 5.74) is -2.22. The summed E-state index contributed by atoms with van der Waals surface area (Å²) < 4.78 is 6.53. The number of amides is 2. The molecule has 0 aromatic rings. The summed E-state index contributed by atoms with van der Waals surface area (Å²) in [7, 11) is 0. The van der Waals surface area contributed by atoms with Crippen molar-refractivity contribution in [3.05, 3.63) is 12.7 Å². The smallest absolute Gasteiger partial charge is 0.310 e. The van der Waals surface area contributed by atoms with Crippen LogP contribution in [-0.4, -0.2) is 80.8 Å². The van der Waals surface area contributed by atoms with E-state index in [-0.39, 0.29) is 30.3 Å². The minimum absolute atomic E-state index is 0.126. The summed E-state index contributed by atoms with van der Waals surface area (Å²) in [4.78, 5) is 43.6. The highest BCUT2D eigenvalue weighted by Crippen LogP contribution is 2.65. The summed E-state index contributed by atoms with van der Waals surface area (Å²) in [5, 5.41) is 20.4. The number of nitrogens with zero attached hydrogens (tertiary/aromatic N) is 2. The second kappa shape index (κ2) is 9.37. The van der Waals surface area contributed by atoms with E-state index in [2.05, 4.69) is 6.58 Å². The first-order valence-corrected chi connectivity index (χ1v) is 12.3. The number of carboxylic acid groups (broad SMARTS) is 1. The number of aliphatic carboxylic acids is 1. The first-order valence-electron chi connectivity index (χ1n) is 12.3. The monoisotopic (exact) mass is 464 g/mol. The quantitative estimate of drug-likeness (QED) is 0.455. The third-order valence-corrected chi connectivity index (χ3v) is 8.04. The van der Waals surface area contributed by atoms with Gasteiger partial charge in [0.2, 0.25) is 11.8 Å². The zero-order valence-corrected chi connectivity index (χ0v) is 20.6. The molecule has 0 aromatic carbocycles. The van der Waals surface area contributed by atoms with E-state index in [1.165, 1.54) is 4.90 Å². The number of carbonyl (C=O) groups excluding carboxylic acids is 2. The van der Waals surface area contributed by atoms with Crippen molar-refractivity contribution >= 4 is 17.8 Å². The van der Waals surface area contributed by atoms with Crippen molar-refractivity contribution in [3.8, 4) is 0 Å². The third kappa shape index (κ3) is 3.89. The molecule has 3 fully saturated rings. The van der Waals surface area contributed by atoms with E-state index in [0.717, 1.165) is 12.8 Å². The predicted molar refractivity (Wildman–Crippen MR) is 123 cm³/mol. The molecule has 186 valence electrons. The fourth-order valence-electron chi connectivity index (χ4n) is 6.51. The van der Waals surface area contributed by atoms with Crippen LogP contribution in [0.1, 0.15) is 60.3 Å². The molecule has 3 unspecified atom stereocenters. The molecule has 0 radical (unpaired) electrons. The van der Waals surface area contributed by atoms with Crippen LogP contribution in [0, 0.1) is 23.7 Å². The molecule has 2 N–H and O–H groups in total. The summed E-state index contributed by atoms with van der Waals surface area (Å²) >= 11 is 0. The largest absolute Gasteiger partial charge is 0.481 e. The molecule has 3 rings (SSSR count). The SMILES string of the molecule is C=CCN(CCCC)C(=O)C1N([C@@H](CO)CC(C)C)C(=O)[C@@H]2[C@@H](C(=O)O)[C@]3(C)OC12CC3C. The fraction of sp³-hybridized carbons (Fsp3) is 0.800. The lowest BCUT2D eigenvalue weighted by Crippen LogP contribution is -2.59. The van der Waals surface area contributed by atoms with Crippen LogP contribution in [-0.2, 0) is 19.1 Å². The Balaban J connectivity index is 2.14. The normalized spacial score (nSPS) is 35.7. The van der Waals surface area contributed by atoms with E-state index >= 15 is 0 Å². The van der Waals surface area contributed by atoms with Gasteiger partial charge in [0.15, 0.2) is 0 Å². The molecule has 1 spiro atoms. The van der Waals surface area contributed by atoms with Crippen LogP contribution in [0.25, 0.3) is 0 Å². The number of fused-ring (bicyclic) bond motifs is 1. The van der Waals surface area contributed by atoms with Crippen molar-refractivity contribution in [3.63, 3.8) is 0 Å². The van der Waals surface area contributed by atoms with Crippen LogP contribution in [0.2, 0.25) is 0 Å². The lowest BCUT2D eigenvalue weighted by Gasteiger charge is -2.40. The van der Waals surface area contributed by atoms with Crippen molar-refractivity contribution in [1.29, 1.82) is 0 Å². The fourth-order valence-corrected chi connectivity index (χ4v) is 6.51. The maximum Gasteiger partial charge on any atom is 0.310 e. The molecule has 8 nitrogen and oxygen atoms in total. The topological polar surface area (TPSA) is 107 Å². The molecular weight excluding hydrogens is 424 g/mol. The van der Waals surface area contributed by atoms with Crippen LogP contribution >= 0.6 is 0 Å². The van der Waals surface area contributed by atoms with Crippen molar-refractivity contribution in [1.82, 2.24) is 9.80 Å². The van der Waals surface area contributed by atoms with Gasteiger partial charge in [-0.1, -0.05) is 40.2 Å². The van der Waals surface area contributed by atoms with Gasteiger partial charge in [-0.25, -0.2) is 0 Å². The van der Waals surface area contributed by atoms with Gasteiger partial charge in [0, 0.05) is 13.1 Å². The minimum atomic E-state index is -1.21. The molecule has 3 aliphatic heterocycles. The van der Waals surface area contributed by atoms with Gasteiger partial charge in [0.1, 0.15) is 17.6 Å². The highest BCUT2D eigenvalue weighted by atomic mass is 16.5. The van der Waals surface area contributed by atoms with Gasteiger partial charge >= 0.3 is 5.97 Å². The zero-order valence-electron chi connectivity index (χ0n) is 20.6. The van der Waals surface area contributed by atoms with Crippen LogP contribution in [0.15, 0.2) is 12.7 Å². The molecule has 7 atom stereocenters. The Labute approximate surface area is 196 Å². The first-order chi connectivity index (χ1) is 15.5. The van der Waals surface area contributed by atoms with Crippen LogP contribution in [0.3, 0.4) is 0 Å². The number of hydrogen-bond donors (Lipinski definition) is 2. The van der Waals surface area contributed by atoms with Crippen molar-refractivity contribution in [2.75, 3.05) is 19.7 Å². The molecule has 8 heteroatoms. The molecular formula is C25H40N2O6. The molecule has 3 aliphatic rings. The number of aliphatic hydroxyl groups is 1. The molecule has 33 heavy (non-hydrogen) atoms. The molecule has 3 saturated heterocycles. The minimum Gasteiger partial charge on any atom is -0.481 e. The first kappa shape index (κ1) is 25.7. The molecule has 2 amide bonds. The Hall–Kier alpha value is -1.93. The van der Waals surface area contributed by atoms with E-state index < -0.39 is 41.1 Å².